The van der Waals surface area contributed by atoms with E-state index in [1.165, 1.54) is 0 Å². The third-order valence-electron chi connectivity index (χ3n) is 5.19. The predicted octanol–water partition coefficient (Wildman–Crippen LogP) is 4.56. The maximum Gasteiger partial charge on any atom is 0.161 e. The highest BCUT2D eigenvalue weighted by molar-refractivity contribution is 5.88. The molecule has 4 rings (SSSR count). The van der Waals surface area contributed by atoms with Crippen LogP contribution in [0.15, 0.2) is 48.8 Å². The summed E-state index contributed by atoms with van der Waals surface area (Å²) in [4.78, 5) is 8.47. The van der Waals surface area contributed by atoms with Crippen LogP contribution in [0.5, 0.6) is 23.0 Å². The Morgan fingerprint density at radius 3 is 1.47 bits per heavy atom. The monoisotopic (exact) mass is 436 g/mol. The minimum absolute atomic E-state index is 0.0905. The fourth-order valence-corrected chi connectivity index (χ4v) is 3.53. The quantitative estimate of drug-likeness (QED) is 0.474. The molecule has 7 nitrogen and oxygen atoms in total. The van der Waals surface area contributed by atoms with Gasteiger partial charge in [0.15, 0.2) is 23.0 Å². The maximum atomic E-state index is 9.19. The molecule has 0 unspecified atom stereocenters. The molecule has 0 aliphatic rings. The molecule has 7 heteroatoms. The number of ether oxygens (including phenoxy) is 4. The van der Waals surface area contributed by atoms with Gasteiger partial charge in [-0.1, -0.05) is 6.92 Å². The minimum atomic E-state index is -0.0905. The normalized spacial score (nSPS) is 10.4. The van der Waals surface area contributed by atoms with Crippen molar-refractivity contribution in [2.45, 2.75) is 20.0 Å². The largest absolute Gasteiger partial charge is 0.493 e. The lowest BCUT2D eigenvalue weighted by Gasteiger charge is -2.10. The summed E-state index contributed by atoms with van der Waals surface area (Å²) in [5, 5.41) is 13.3. The molecule has 168 valence electrons. The van der Waals surface area contributed by atoms with Crippen LogP contribution in [-0.4, -0.2) is 43.5 Å². The summed E-state index contributed by atoms with van der Waals surface area (Å²) in [5.41, 5.74) is 1.72. The van der Waals surface area contributed by atoms with E-state index in [1.54, 1.807) is 34.6 Å². The molecule has 0 fully saturated rings. The van der Waals surface area contributed by atoms with E-state index in [0.29, 0.717) is 17.2 Å². The van der Waals surface area contributed by atoms with Gasteiger partial charge in [0.05, 0.1) is 40.7 Å². The van der Waals surface area contributed by atoms with Crippen LogP contribution in [-0.2, 0) is 13.0 Å². The van der Waals surface area contributed by atoms with E-state index in [0.717, 1.165) is 45.2 Å². The standard InChI is InChI=1S/C13H15NO2.C12H13NO3/c1-4-11-10-8-13(16-3)12(15-2)7-9(10)5-6-14-11;1-15-11-5-8-3-4-13-10(7-14)9(8)6-12(11)16-2/h5-8H,4H2,1-3H3;3-6,14H,7H2,1-2H3. The summed E-state index contributed by atoms with van der Waals surface area (Å²) in [7, 11) is 6.47. The number of methoxy groups -OCH3 is 4. The van der Waals surface area contributed by atoms with E-state index in [9.17, 15) is 5.11 Å². The van der Waals surface area contributed by atoms with Crippen molar-refractivity contribution in [2.75, 3.05) is 28.4 Å². The Morgan fingerprint density at radius 1 is 0.656 bits per heavy atom. The van der Waals surface area contributed by atoms with Gasteiger partial charge < -0.3 is 24.1 Å². The van der Waals surface area contributed by atoms with Crippen LogP contribution in [0.3, 0.4) is 0 Å². The van der Waals surface area contributed by atoms with Crippen molar-refractivity contribution in [3.63, 3.8) is 0 Å². The highest BCUT2D eigenvalue weighted by atomic mass is 16.5. The fraction of sp³-hybridized carbons (Fsp3) is 0.280. The van der Waals surface area contributed by atoms with Crippen LogP contribution >= 0.6 is 0 Å². The van der Waals surface area contributed by atoms with E-state index in [4.69, 9.17) is 18.9 Å². The number of benzene rings is 2. The lowest BCUT2D eigenvalue weighted by molar-refractivity contribution is 0.278. The van der Waals surface area contributed by atoms with Crippen LogP contribution in [0.1, 0.15) is 18.3 Å². The lowest BCUT2D eigenvalue weighted by Crippen LogP contribution is -1.94. The Bertz CT molecular complexity index is 1110. The number of pyridine rings is 2. The molecule has 32 heavy (non-hydrogen) atoms. The van der Waals surface area contributed by atoms with E-state index in [2.05, 4.69) is 16.9 Å². The summed E-state index contributed by atoms with van der Waals surface area (Å²) in [5.74, 6) is 2.81. The summed E-state index contributed by atoms with van der Waals surface area (Å²) in [6, 6.07) is 11.5. The van der Waals surface area contributed by atoms with Gasteiger partial charge in [-0.05, 0) is 53.6 Å². The van der Waals surface area contributed by atoms with Gasteiger partial charge in [0.1, 0.15) is 0 Å². The molecule has 0 aliphatic heterocycles. The number of hydrogen-bond donors (Lipinski definition) is 1. The van der Waals surface area contributed by atoms with Crippen LogP contribution in [0.4, 0.5) is 0 Å². The Morgan fingerprint density at radius 2 is 1.06 bits per heavy atom. The van der Waals surface area contributed by atoms with Crippen molar-refractivity contribution in [1.82, 2.24) is 9.97 Å². The molecule has 0 saturated carbocycles. The first-order valence-corrected chi connectivity index (χ1v) is 10.2. The number of rotatable bonds is 6. The summed E-state index contributed by atoms with van der Waals surface area (Å²) in [6.45, 7) is 2.01. The summed E-state index contributed by atoms with van der Waals surface area (Å²) in [6.07, 6.45) is 4.40. The summed E-state index contributed by atoms with van der Waals surface area (Å²) < 4.78 is 21.0. The third kappa shape index (κ3) is 4.68. The molecule has 0 bridgehead atoms. The van der Waals surface area contributed by atoms with Gasteiger partial charge in [-0.3, -0.25) is 9.97 Å². The van der Waals surface area contributed by atoms with Gasteiger partial charge in [-0.15, -0.1) is 0 Å². The van der Waals surface area contributed by atoms with Crippen molar-refractivity contribution in [3.05, 3.63) is 60.2 Å². The van der Waals surface area contributed by atoms with Crippen LogP contribution < -0.4 is 18.9 Å². The summed E-state index contributed by atoms with van der Waals surface area (Å²) >= 11 is 0. The first kappa shape index (κ1) is 23.1. The zero-order valence-corrected chi connectivity index (χ0v) is 19.0. The highest BCUT2D eigenvalue weighted by Gasteiger charge is 2.09. The number of fused-ring (bicyclic) bond motifs is 2. The highest BCUT2D eigenvalue weighted by Crippen LogP contribution is 2.34. The lowest BCUT2D eigenvalue weighted by atomic mass is 10.1. The smallest absolute Gasteiger partial charge is 0.161 e. The number of hydrogen-bond acceptors (Lipinski definition) is 7. The number of aromatic nitrogens is 2. The average Bonchev–Trinajstić information content (AvgIpc) is 2.86. The number of aliphatic hydroxyl groups excluding tert-OH is 1. The second-order valence-electron chi connectivity index (χ2n) is 6.88. The van der Waals surface area contributed by atoms with Gasteiger partial charge in [-0.25, -0.2) is 0 Å². The zero-order chi connectivity index (χ0) is 23.1. The Balaban J connectivity index is 0.000000181. The van der Waals surface area contributed by atoms with Crippen molar-refractivity contribution in [1.29, 1.82) is 0 Å². The molecular weight excluding hydrogens is 408 g/mol. The first-order valence-electron chi connectivity index (χ1n) is 10.2. The van der Waals surface area contributed by atoms with Gasteiger partial charge in [0, 0.05) is 28.9 Å². The van der Waals surface area contributed by atoms with E-state index in [-0.39, 0.29) is 6.61 Å². The van der Waals surface area contributed by atoms with Gasteiger partial charge in [0.2, 0.25) is 0 Å². The molecule has 0 atom stereocenters. The molecule has 1 N–H and O–H groups in total. The molecule has 2 aromatic heterocycles. The number of aliphatic hydroxyl groups is 1. The molecule has 2 heterocycles. The van der Waals surface area contributed by atoms with E-state index >= 15 is 0 Å². The Labute approximate surface area is 187 Å². The zero-order valence-electron chi connectivity index (χ0n) is 19.0. The van der Waals surface area contributed by atoms with Gasteiger partial charge >= 0.3 is 0 Å². The van der Waals surface area contributed by atoms with E-state index in [1.807, 2.05) is 42.6 Å². The Hall–Kier alpha value is -3.58. The molecule has 0 radical (unpaired) electrons. The Kier molecular flexibility index (Phi) is 7.68. The maximum absolute atomic E-state index is 9.19. The molecule has 0 amide bonds. The van der Waals surface area contributed by atoms with E-state index < -0.39 is 0 Å². The second kappa shape index (κ2) is 10.6. The molecule has 2 aromatic carbocycles. The van der Waals surface area contributed by atoms with Crippen molar-refractivity contribution >= 4 is 21.5 Å². The van der Waals surface area contributed by atoms with Crippen molar-refractivity contribution in [2.24, 2.45) is 0 Å². The molecule has 4 aromatic rings. The molecule has 0 spiro atoms. The van der Waals surface area contributed by atoms with Crippen molar-refractivity contribution < 1.29 is 24.1 Å². The topological polar surface area (TPSA) is 82.9 Å². The average molecular weight is 437 g/mol. The minimum Gasteiger partial charge on any atom is -0.493 e. The van der Waals surface area contributed by atoms with Crippen LogP contribution in [0.2, 0.25) is 0 Å². The third-order valence-corrected chi connectivity index (χ3v) is 5.19. The van der Waals surface area contributed by atoms with Crippen LogP contribution in [0, 0.1) is 0 Å². The number of aryl methyl sites for hydroxylation is 1. The molecule has 0 aliphatic carbocycles. The van der Waals surface area contributed by atoms with Crippen molar-refractivity contribution in [3.8, 4) is 23.0 Å². The first-order chi connectivity index (χ1) is 15.6. The fourth-order valence-electron chi connectivity index (χ4n) is 3.53. The number of nitrogens with zero attached hydrogens (tertiary/aromatic N) is 2. The van der Waals surface area contributed by atoms with Crippen LogP contribution in [0.25, 0.3) is 21.5 Å². The predicted molar refractivity (Wildman–Crippen MR) is 125 cm³/mol. The second-order valence-corrected chi connectivity index (χ2v) is 6.88. The SMILES string of the molecule is CCc1nccc2cc(OC)c(OC)cc12.COc1cc2ccnc(CO)c2cc1OC. The molecule has 0 saturated heterocycles. The van der Waals surface area contributed by atoms with Gasteiger partial charge in [0.25, 0.3) is 0 Å². The van der Waals surface area contributed by atoms with Gasteiger partial charge in [-0.2, -0.15) is 0 Å². The molecular formula is C25H28N2O5.